The Morgan fingerprint density at radius 3 is 2.56 bits per heavy atom. The zero-order valence-corrected chi connectivity index (χ0v) is 15.3. The fraction of sp³-hybridized carbons (Fsp3) is 0.722. The van der Waals surface area contributed by atoms with E-state index in [9.17, 15) is 14.9 Å². The first kappa shape index (κ1) is 18.4. The van der Waals surface area contributed by atoms with Crippen LogP contribution in [0.3, 0.4) is 0 Å². The largest absolute Gasteiger partial charge is 0.433 e. The van der Waals surface area contributed by atoms with Crippen LogP contribution in [-0.4, -0.2) is 78.3 Å². The molecule has 3 aliphatic rings. The van der Waals surface area contributed by atoms with Crippen molar-refractivity contribution in [3.05, 3.63) is 28.0 Å². The van der Waals surface area contributed by atoms with Crippen LogP contribution in [0.2, 0.25) is 0 Å². The van der Waals surface area contributed by atoms with E-state index < -0.39 is 10.8 Å². The molecule has 1 aromatic rings. The van der Waals surface area contributed by atoms with Crippen molar-refractivity contribution in [3.63, 3.8) is 0 Å². The lowest BCUT2D eigenvalue weighted by Crippen LogP contribution is -2.55. The quantitative estimate of drug-likeness (QED) is 0.582. The predicted molar refractivity (Wildman–Crippen MR) is 94.6 cm³/mol. The molecule has 148 valence electrons. The van der Waals surface area contributed by atoms with Crippen LogP contribution in [0.5, 0.6) is 0 Å². The van der Waals surface area contributed by atoms with Crippen LogP contribution >= 0.6 is 0 Å². The van der Waals surface area contributed by atoms with Crippen molar-refractivity contribution in [1.29, 1.82) is 0 Å². The number of piperidine rings is 1. The van der Waals surface area contributed by atoms with E-state index in [1.54, 1.807) is 4.90 Å². The average molecular weight is 379 g/mol. The Balaban J connectivity index is 1.35. The van der Waals surface area contributed by atoms with Crippen molar-refractivity contribution in [1.82, 2.24) is 9.80 Å². The number of nitrogens with zero attached hydrogens (tertiary/aromatic N) is 3. The van der Waals surface area contributed by atoms with Gasteiger partial charge in [-0.3, -0.25) is 19.8 Å². The Bertz CT molecular complexity index is 691. The summed E-state index contributed by atoms with van der Waals surface area (Å²) in [5.41, 5.74) is -0.173. The highest BCUT2D eigenvalue weighted by Gasteiger charge is 2.43. The molecule has 0 saturated carbocycles. The molecule has 0 N–H and O–H groups in total. The Morgan fingerprint density at radius 2 is 1.89 bits per heavy atom. The maximum absolute atomic E-state index is 12.6. The van der Waals surface area contributed by atoms with Crippen LogP contribution in [0.1, 0.15) is 36.2 Å². The first-order valence-electron chi connectivity index (χ1n) is 9.56. The molecule has 1 spiro atoms. The molecule has 3 saturated heterocycles. The van der Waals surface area contributed by atoms with Crippen LogP contribution in [-0.2, 0) is 9.47 Å². The SMILES string of the molecule is O=C(c1ccc([N+](=O)[O-])o1)N1CCC2(CC1)CC(N1CCOCC1)CCO2. The summed E-state index contributed by atoms with van der Waals surface area (Å²) < 4.78 is 16.7. The summed E-state index contributed by atoms with van der Waals surface area (Å²) in [4.78, 5) is 26.9. The molecule has 9 heteroatoms. The molecule has 0 aliphatic carbocycles. The molecule has 4 rings (SSSR count). The fourth-order valence-corrected chi connectivity index (χ4v) is 4.42. The van der Waals surface area contributed by atoms with E-state index in [-0.39, 0.29) is 17.3 Å². The van der Waals surface area contributed by atoms with Gasteiger partial charge in [0, 0.05) is 38.8 Å². The molecule has 1 atom stereocenters. The molecular formula is C18H25N3O6. The minimum Gasteiger partial charge on any atom is -0.395 e. The van der Waals surface area contributed by atoms with E-state index in [2.05, 4.69) is 4.90 Å². The summed E-state index contributed by atoms with van der Waals surface area (Å²) in [6, 6.07) is 3.10. The second-order valence-corrected chi connectivity index (χ2v) is 7.51. The number of hydrogen-bond donors (Lipinski definition) is 0. The van der Waals surface area contributed by atoms with Gasteiger partial charge in [-0.2, -0.15) is 0 Å². The number of furan rings is 1. The number of carbonyl (C=O) groups excluding carboxylic acids is 1. The Hall–Kier alpha value is -1.97. The van der Waals surface area contributed by atoms with Crippen molar-refractivity contribution in [2.75, 3.05) is 46.0 Å². The zero-order chi connectivity index (χ0) is 18.9. The van der Waals surface area contributed by atoms with Crippen LogP contribution in [0, 0.1) is 10.1 Å². The normalized spacial score (nSPS) is 26.2. The number of morpholine rings is 1. The highest BCUT2D eigenvalue weighted by molar-refractivity contribution is 5.91. The van der Waals surface area contributed by atoms with E-state index >= 15 is 0 Å². The summed E-state index contributed by atoms with van der Waals surface area (Å²) in [6.45, 7) is 5.43. The lowest BCUT2D eigenvalue weighted by molar-refractivity contribution is -0.402. The van der Waals surface area contributed by atoms with E-state index in [0.29, 0.717) is 19.1 Å². The van der Waals surface area contributed by atoms with Gasteiger partial charge in [0.25, 0.3) is 5.91 Å². The summed E-state index contributed by atoms with van der Waals surface area (Å²) >= 11 is 0. The molecule has 1 unspecified atom stereocenters. The van der Waals surface area contributed by atoms with E-state index in [4.69, 9.17) is 13.9 Å². The van der Waals surface area contributed by atoms with E-state index in [0.717, 1.165) is 58.6 Å². The number of nitro groups is 1. The van der Waals surface area contributed by atoms with Crippen LogP contribution < -0.4 is 0 Å². The maximum atomic E-state index is 12.6. The number of hydrogen-bond acceptors (Lipinski definition) is 7. The van der Waals surface area contributed by atoms with Gasteiger partial charge in [-0.1, -0.05) is 0 Å². The molecule has 0 bridgehead atoms. The Morgan fingerprint density at radius 1 is 1.15 bits per heavy atom. The van der Waals surface area contributed by atoms with Gasteiger partial charge >= 0.3 is 5.88 Å². The van der Waals surface area contributed by atoms with Gasteiger partial charge in [-0.05, 0) is 31.7 Å². The predicted octanol–water partition coefficient (Wildman–Crippen LogP) is 1.67. The molecule has 4 heterocycles. The first-order valence-corrected chi connectivity index (χ1v) is 9.56. The van der Waals surface area contributed by atoms with Crippen molar-refractivity contribution in [3.8, 4) is 0 Å². The third kappa shape index (κ3) is 3.85. The number of carbonyl (C=O) groups is 1. The number of rotatable bonds is 3. The standard InChI is InChI=1S/C18H25N3O6/c22-17(15-1-2-16(27-15)21(23)24)20-6-4-18(5-7-20)13-14(3-10-26-18)19-8-11-25-12-9-19/h1-2,14H,3-13H2. The van der Waals surface area contributed by atoms with Gasteiger partial charge < -0.3 is 18.8 Å². The smallest absolute Gasteiger partial charge is 0.395 e. The second kappa shape index (κ2) is 7.57. The van der Waals surface area contributed by atoms with E-state index in [1.807, 2.05) is 0 Å². The van der Waals surface area contributed by atoms with Gasteiger partial charge in [-0.15, -0.1) is 0 Å². The highest BCUT2D eigenvalue weighted by atomic mass is 16.6. The number of likely N-dealkylation sites (tertiary alicyclic amines) is 1. The van der Waals surface area contributed by atoms with E-state index in [1.165, 1.54) is 12.1 Å². The van der Waals surface area contributed by atoms with Crippen molar-refractivity contribution in [2.45, 2.75) is 37.3 Å². The fourth-order valence-electron chi connectivity index (χ4n) is 4.42. The van der Waals surface area contributed by atoms with Crippen LogP contribution in [0.4, 0.5) is 5.88 Å². The van der Waals surface area contributed by atoms with Crippen molar-refractivity contribution >= 4 is 11.8 Å². The molecular weight excluding hydrogens is 354 g/mol. The van der Waals surface area contributed by atoms with Crippen LogP contribution in [0.25, 0.3) is 0 Å². The molecule has 0 aromatic carbocycles. The topological polar surface area (TPSA) is 98.3 Å². The molecule has 1 aromatic heterocycles. The van der Waals surface area contributed by atoms with Gasteiger partial charge in [0.1, 0.15) is 4.92 Å². The summed E-state index contributed by atoms with van der Waals surface area (Å²) in [5, 5.41) is 10.7. The lowest BCUT2D eigenvalue weighted by Gasteiger charge is -2.48. The molecule has 9 nitrogen and oxygen atoms in total. The summed E-state index contributed by atoms with van der Waals surface area (Å²) in [7, 11) is 0. The van der Waals surface area contributed by atoms with Gasteiger partial charge in [0.2, 0.25) is 0 Å². The highest BCUT2D eigenvalue weighted by Crippen LogP contribution is 2.37. The molecule has 1 amide bonds. The molecule has 27 heavy (non-hydrogen) atoms. The zero-order valence-electron chi connectivity index (χ0n) is 15.3. The first-order chi connectivity index (χ1) is 13.1. The Kier molecular flexibility index (Phi) is 5.16. The minimum atomic E-state index is -0.635. The number of ether oxygens (including phenoxy) is 2. The minimum absolute atomic E-state index is 0.0217. The third-order valence-corrected chi connectivity index (χ3v) is 5.97. The van der Waals surface area contributed by atoms with Gasteiger partial charge in [0.15, 0.2) is 5.76 Å². The molecule has 3 fully saturated rings. The van der Waals surface area contributed by atoms with Crippen molar-refractivity contribution in [2.24, 2.45) is 0 Å². The number of amides is 1. The second-order valence-electron chi connectivity index (χ2n) is 7.51. The molecule has 3 aliphatic heterocycles. The monoisotopic (exact) mass is 379 g/mol. The lowest BCUT2D eigenvalue weighted by atomic mass is 9.81. The third-order valence-electron chi connectivity index (χ3n) is 5.97. The van der Waals surface area contributed by atoms with Crippen LogP contribution in [0.15, 0.2) is 16.5 Å². The van der Waals surface area contributed by atoms with Gasteiger partial charge in [0.05, 0.1) is 24.9 Å². The Labute approximate surface area is 157 Å². The van der Waals surface area contributed by atoms with Gasteiger partial charge in [-0.25, -0.2) is 0 Å². The summed E-state index contributed by atoms with van der Waals surface area (Å²) in [6.07, 6.45) is 3.59. The molecule has 0 radical (unpaired) electrons. The van der Waals surface area contributed by atoms with Crippen molar-refractivity contribution < 1.29 is 23.6 Å². The maximum Gasteiger partial charge on any atom is 0.433 e. The average Bonchev–Trinajstić information content (AvgIpc) is 3.19. The summed E-state index contributed by atoms with van der Waals surface area (Å²) in [5.74, 6) is -0.678.